The van der Waals surface area contributed by atoms with Crippen molar-refractivity contribution in [3.8, 4) is 0 Å². The fourth-order valence-electron chi connectivity index (χ4n) is 1.63. The second-order valence-corrected chi connectivity index (χ2v) is 3.45. The second-order valence-electron chi connectivity index (χ2n) is 3.45. The molecule has 0 N–H and O–H groups in total. The van der Waals surface area contributed by atoms with Gasteiger partial charge in [-0.25, -0.2) is 0 Å². The van der Waals surface area contributed by atoms with Crippen molar-refractivity contribution in [2.75, 3.05) is 0 Å². The van der Waals surface area contributed by atoms with E-state index in [0.29, 0.717) is 0 Å². The van der Waals surface area contributed by atoms with Gasteiger partial charge in [-0.2, -0.15) is 0 Å². The van der Waals surface area contributed by atoms with E-state index >= 15 is 0 Å². The quantitative estimate of drug-likeness (QED) is 0.486. The van der Waals surface area contributed by atoms with Crippen LogP contribution in [-0.4, -0.2) is 0 Å². The maximum atomic E-state index is 2.43. The van der Waals surface area contributed by atoms with Crippen LogP contribution in [0.1, 0.15) is 46.0 Å². The summed E-state index contributed by atoms with van der Waals surface area (Å²) in [6.45, 7) is 4.57. The third-order valence-corrected chi connectivity index (χ3v) is 2.56. The van der Waals surface area contributed by atoms with Crippen molar-refractivity contribution >= 4 is 0 Å². The molecule has 0 aliphatic heterocycles. The Balaban J connectivity index is 2.40. The molecule has 1 rings (SSSR count). The Morgan fingerprint density at radius 2 is 2.40 bits per heavy atom. The van der Waals surface area contributed by atoms with Crippen molar-refractivity contribution in [1.82, 2.24) is 0 Å². The van der Waals surface area contributed by atoms with Crippen LogP contribution in [0, 0.1) is 5.92 Å². The van der Waals surface area contributed by atoms with Gasteiger partial charge in [-0.15, -0.1) is 0 Å². The molecule has 0 spiro atoms. The van der Waals surface area contributed by atoms with E-state index in [1.165, 1.54) is 32.1 Å². The van der Waals surface area contributed by atoms with Gasteiger partial charge in [0.25, 0.3) is 0 Å². The van der Waals surface area contributed by atoms with E-state index in [1.54, 1.807) is 5.57 Å². The summed E-state index contributed by atoms with van der Waals surface area (Å²) in [6.07, 6.45) is 9.34. The van der Waals surface area contributed by atoms with Crippen molar-refractivity contribution in [1.29, 1.82) is 0 Å². The third-order valence-electron chi connectivity index (χ3n) is 2.56. The van der Waals surface area contributed by atoms with Gasteiger partial charge < -0.3 is 0 Å². The van der Waals surface area contributed by atoms with Crippen LogP contribution in [0.5, 0.6) is 0 Å². The van der Waals surface area contributed by atoms with E-state index in [4.69, 9.17) is 0 Å². The summed E-state index contributed by atoms with van der Waals surface area (Å²) in [5.41, 5.74) is 1.61. The molecule has 0 aromatic heterocycles. The largest absolute Gasteiger partial charge is 0.0853 e. The summed E-state index contributed by atoms with van der Waals surface area (Å²) >= 11 is 0. The molecule has 1 aliphatic rings. The summed E-state index contributed by atoms with van der Waals surface area (Å²) in [4.78, 5) is 0. The molecule has 0 radical (unpaired) electrons. The van der Waals surface area contributed by atoms with Crippen LogP contribution in [0.3, 0.4) is 0 Å². The first-order valence-electron chi connectivity index (χ1n) is 4.48. The van der Waals surface area contributed by atoms with Gasteiger partial charge in [-0.05, 0) is 38.5 Å². The fraction of sp³-hybridized carbons (Fsp3) is 0.800. The highest BCUT2D eigenvalue weighted by Crippen LogP contribution is 2.23. The molecule has 0 saturated heterocycles. The lowest BCUT2D eigenvalue weighted by Crippen LogP contribution is -1.94. The molecule has 0 heteroatoms. The number of rotatable bonds is 1. The molecule has 0 heterocycles. The molecule has 0 nitrogen and oxygen atoms in total. The van der Waals surface area contributed by atoms with Crippen LogP contribution in [0.4, 0.5) is 0 Å². The molecule has 0 bridgehead atoms. The van der Waals surface area contributed by atoms with Gasteiger partial charge in [0.1, 0.15) is 0 Å². The van der Waals surface area contributed by atoms with Crippen LogP contribution < -0.4 is 0 Å². The first-order chi connectivity index (χ1) is 4.83. The van der Waals surface area contributed by atoms with E-state index < -0.39 is 0 Å². The highest BCUT2D eigenvalue weighted by Gasteiger charge is 2.07. The van der Waals surface area contributed by atoms with E-state index in [2.05, 4.69) is 19.9 Å². The molecule has 1 aliphatic carbocycles. The summed E-state index contributed by atoms with van der Waals surface area (Å²) in [5, 5.41) is 0. The van der Waals surface area contributed by atoms with Crippen molar-refractivity contribution < 1.29 is 0 Å². The Morgan fingerprint density at radius 3 is 3.10 bits per heavy atom. The minimum absolute atomic E-state index is 0.984. The molecule has 1 atom stereocenters. The molecular formula is C10H18. The molecule has 0 aromatic carbocycles. The number of allylic oxidation sites excluding steroid dienone is 2. The van der Waals surface area contributed by atoms with E-state index in [0.717, 1.165) is 5.92 Å². The average Bonchev–Trinajstić information content (AvgIpc) is 2.14. The standard InChI is InChI=1S/C10H18/c1-3-10-6-4-5-9(2)7-8-10/h7,10H,3-6,8H2,1-2H3. The Bertz CT molecular complexity index is 122. The van der Waals surface area contributed by atoms with Crippen LogP contribution in [0.15, 0.2) is 11.6 Å². The van der Waals surface area contributed by atoms with Crippen molar-refractivity contribution in [2.24, 2.45) is 5.92 Å². The Kier molecular flexibility index (Phi) is 2.98. The van der Waals surface area contributed by atoms with Gasteiger partial charge in [0.2, 0.25) is 0 Å². The minimum Gasteiger partial charge on any atom is -0.0853 e. The molecule has 0 amide bonds. The van der Waals surface area contributed by atoms with Gasteiger partial charge in [0, 0.05) is 0 Å². The Labute approximate surface area is 64.3 Å². The number of hydrogen-bond donors (Lipinski definition) is 0. The summed E-state index contributed by atoms with van der Waals surface area (Å²) in [6, 6.07) is 0. The molecule has 0 fully saturated rings. The van der Waals surface area contributed by atoms with Gasteiger partial charge in [0.05, 0.1) is 0 Å². The molecule has 1 unspecified atom stereocenters. The number of hydrogen-bond acceptors (Lipinski definition) is 0. The van der Waals surface area contributed by atoms with Crippen LogP contribution in [0.2, 0.25) is 0 Å². The second kappa shape index (κ2) is 3.80. The monoisotopic (exact) mass is 138 g/mol. The van der Waals surface area contributed by atoms with Crippen molar-refractivity contribution in [3.05, 3.63) is 11.6 Å². The van der Waals surface area contributed by atoms with Gasteiger partial charge in [-0.1, -0.05) is 25.0 Å². The minimum atomic E-state index is 0.984. The maximum absolute atomic E-state index is 2.43. The zero-order valence-corrected chi connectivity index (χ0v) is 7.19. The van der Waals surface area contributed by atoms with Crippen molar-refractivity contribution in [3.63, 3.8) is 0 Å². The topological polar surface area (TPSA) is 0 Å². The molecule has 0 aromatic rings. The summed E-state index contributed by atoms with van der Waals surface area (Å²) < 4.78 is 0. The van der Waals surface area contributed by atoms with E-state index in [1.807, 2.05) is 0 Å². The zero-order chi connectivity index (χ0) is 7.40. The molecule has 0 saturated carbocycles. The lowest BCUT2D eigenvalue weighted by Gasteiger charge is -2.07. The Hall–Kier alpha value is -0.260. The van der Waals surface area contributed by atoms with E-state index in [-0.39, 0.29) is 0 Å². The Morgan fingerprint density at radius 1 is 1.60 bits per heavy atom. The van der Waals surface area contributed by atoms with Crippen LogP contribution >= 0.6 is 0 Å². The predicted octanol–water partition coefficient (Wildman–Crippen LogP) is 3.53. The summed E-state index contributed by atoms with van der Waals surface area (Å²) in [5.74, 6) is 0.984. The maximum Gasteiger partial charge on any atom is -0.0320 e. The zero-order valence-electron chi connectivity index (χ0n) is 7.19. The van der Waals surface area contributed by atoms with Crippen molar-refractivity contribution in [2.45, 2.75) is 46.0 Å². The first-order valence-corrected chi connectivity index (χ1v) is 4.48. The molecular weight excluding hydrogens is 120 g/mol. The first kappa shape index (κ1) is 7.84. The SMILES string of the molecule is CCC1CC=C(C)CCC1. The summed E-state index contributed by atoms with van der Waals surface area (Å²) in [7, 11) is 0. The average molecular weight is 138 g/mol. The third kappa shape index (κ3) is 2.17. The predicted molar refractivity (Wildman–Crippen MR) is 46.0 cm³/mol. The van der Waals surface area contributed by atoms with Crippen LogP contribution in [-0.2, 0) is 0 Å². The highest BCUT2D eigenvalue weighted by atomic mass is 14.1. The molecule has 58 valence electrons. The fourth-order valence-corrected chi connectivity index (χ4v) is 1.63. The highest BCUT2D eigenvalue weighted by molar-refractivity contribution is 5.00. The molecule has 10 heavy (non-hydrogen) atoms. The van der Waals surface area contributed by atoms with Gasteiger partial charge >= 0.3 is 0 Å². The van der Waals surface area contributed by atoms with Crippen LogP contribution in [0.25, 0.3) is 0 Å². The van der Waals surface area contributed by atoms with Gasteiger partial charge in [0.15, 0.2) is 0 Å². The lowest BCUT2D eigenvalue weighted by molar-refractivity contribution is 0.471. The smallest absolute Gasteiger partial charge is 0.0320 e. The van der Waals surface area contributed by atoms with E-state index in [9.17, 15) is 0 Å². The normalized spacial score (nSPS) is 27.4. The lowest BCUT2D eigenvalue weighted by atomic mass is 9.98. The van der Waals surface area contributed by atoms with Gasteiger partial charge in [-0.3, -0.25) is 0 Å².